The molecule has 0 bridgehead atoms. The van der Waals surface area contributed by atoms with Gasteiger partial charge in [-0.1, -0.05) is 8.78 Å². The summed E-state index contributed by atoms with van der Waals surface area (Å²) >= 11 is 0. The van der Waals surface area contributed by atoms with E-state index in [-0.39, 0.29) is 0 Å². The van der Waals surface area contributed by atoms with Crippen LogP contribution >= 0.6 is 0 Å². The quantitative estimate of drug-likeness (QED) is 0.369. The molecule has 0 radical (unpaired) electrons. The number of hydrogen-bond donors (Lipinski definition) is 0. The second kappa shape index (κ2) is 2.36. The minimum absolute atomic E-state index is 0.332. The van der Waals surface area contributed by atoms with Gasteiger partial charge >= 0.3 is 5.83 Å². The Hall–Kier alpha value is -0.930. The van der Waals surface area contributed by atoms with Gasteiger partial charge in [0.25, 0.3) is 5.83 Å². The van der Waals surface area contributed by atoms with Crippen molar-refractivity contribution >= 4 is 0 Å². The molecule has 0 aromatic heterocycles. The van der Waals surface area contributed by atoms with E-state index in [1.54, 1.807) is 0 Å². The molecule has 0 unspecified atom stereocenters. The van der Waals surface area contributed by atoms with Gasteiger partial charge in [-0.25, -0.2) is 4.39 Å². The van der Waals surface area contributed by atoms with Crippen molar-refractivity contribution in [2.45, 2.75) is 6.42 Å². The van der Waals surface area contributed by atoms with E-state index < -0.39 is 30.1 Å². The predicted octanol–water partition coefficient (Wildman–Crippen LogP) is 2.90. The van der Waals surface area contributed by atoms with Crippen molar-refractivity contribution in [1.29, 1.82) is 0 Å². The number of allylic oxidation sites excluding steroid dienone is 4. The monoisotopic (exact) mass is 151 g/mol. The zero-order valence-electron chi connectivity index (χ0n) is 4.80. The third kappa shape index (κ3) is 1.15. The summed E-state index contributed by atoms with van der Waals surface area (Å²) in [7, 11) is 0. The van der Waals surface area contributed by atoms with Gasteiger partial charge in [-0.15, -0.1) is 0 Å². The zero-order valence-corrected chi connectivity index (χ0v) is 4.80. The van der Waals surface area contributed by atoms with Crippen LogP contribution in [0.25, 0.3) is 0 Å². The van der Waals surface area contributed by atoms with Crippen molar-refractivity contribution in [3.63, 3.8) is 0 Å². The van der Waals surface area contributed by atoms with Gasteiger partial charge < -0.3 is 0 Å². The first-order chi connectivity index (χ1) is 4.61. The van der Waals surface area contributed by atoms with Crippen molar-refractivity contribution < 1.29 is 17.6 Å². The molecule has 1 aliphatic rings. The van der Waals surface area contributed by atoms with E-state index in [9.17, 15) is 17.6 Å². The third-order valence-electron chi connectivity index (χ3n) is 1.06. The van der Waals surface area contributed by atoms with Crippen LogP contribution in [0.1, 0.15) is 6.42 Å². The van der Waals surface area contributed by atoms with Crippen LogP contribution in [0.2, 0.25) is 0 Å². The van der Waals surface area contributed by atoms with Crippen LogP contribution in [-0.4, -0.2) is 0 Å². The Bertz CT molecular complexity index is 204. The van der Waals surface area contributed by atoms with Crippen molar-refractivity contribution in [2.24, 2.45) is 0 Å². The van der Waals surface area contributed by atoms with Gasteiger partial charge in [-0.3, -0.25) is 0 Å². The van der Waals surface area contributed by atoms with Gasteiger partial charge in [0.05, 0.1) is 0 Å². The summed E-state index contributed by atoms with van der Waals surface area (Å²) in [5.74, 6) is -4.47. The zero-order chi connectivity index (χ0) is 7.72. The Kier molecular flexibility index (Phi) is 1.70. The van der Waals surface area contributed by atoms with Crippen LogP contribution in [-0.2, 0) is 0 Å². The Morgan fingerprint density at radius 3 is 2.40 bits per heavy atom. The lowest BCUT2D eigenvalue weighted by Crippen LogP contribution is -1.96. The number of hydrogen-bond acceptors (Lipinski definition) is 0. The highest BCUT2D eigenvalue weighted by Gasteiger charge is 2.32. The predicted molar refractivity (Wildman–Crippen MR) is 27.4 cm³/mol. The van der Waals surface area contributed by atoms with E-state index in [0.717, 1.165) is 0 Å². The molecule has 0 aliphatic heterocycles. The molecule has 0 saturated heterocycles. The van der Waals surface area contributed by atoms with Crippen molar-refractivity contribution in [3.05, 3.63) is 29.7 Å². The minimum atomic E-state index is -1.60. The molecule has 1 aliphatic carbocycles. The van der Waals surface area contributed by atoms with Gasteiger partial charge in [0.15, 0.2) is 11.9 Å². The summed E-state index contributed by atoms with van der Waals surface area (Å²) in [6.07, 6.45) is -1.45. The SMILES string of the molecule is FC1=C[C+](F)CC(F)=C1F. The first-order valence-corrected chi connectivity index (χ1v) is 2.54. The summed E-state index contributed by atoms with van der Waals surface area (Å²) in [5, 5.41) is 0. The first kappa shape index (κ1) is 7.18. The van der Waals surface area contributed by atoms with Gasteiger partial charge in [-0.2, -0.15) is 4.39 Å². The summed E-state index contributed by atoms with van der Waals surface area (Å²) in [4.78, 5) is 0. The highest BCUT2D eigenvalue weighted by Crippen LogP contribution is 2.32. The fourth-order valence-electron chi connectivity index (χ4n) is 0.607. The standard InChI is InChI=1S/C6H3F4/c7-3-1-4(8)6(10)5(9)2-3/h1H,2H2/q+1. The number of halogens is 4. The van der Waals surface area contributed by atoms with Crippen LogP contribution in [0.4, 0.5) is 17.6 Å². The molecule has 0 spiro atoms. The Morgan fingerprint density at radius 1 is 1.30 bits per heavy atom. The molecular formula is C6H3F4+. The molecule has 0 atom stereocenters. The van der Waals surface area contributed by atoms with Gasteiger partial charge in [-0.05, 0) is 0 Å². The molecule has 54 valence electrons. The average Bonchev–Trinajstić information content (AvgIpc) is 1.82. The topological polar surface area (TPSA) is 0 Å². The van der Waals surface area contributed by atoms with Crippen molar-refractivity contribution in [2.75, 3.05) is 0 Å². The normalized spacial score (nSPS) is 19.6. The average molecular weight is 151 g/mol. The van der Waals surface area contributed by atoms with E-state index >= 15 is 0 Å². The van der Waals surface area contributed by atoms with Gasteiger partial charge in [0.2, 0.25) is 6.17 Å². The van der Waals surface area contributed by atoms with E-state index in [0.29, 0.717) is 6.08 Å². The van der Waals surface area contributed by atoms with Crippen LogP contribution in [0.5, 0.6) is 0 Å². The Labute approximate surface area is 54.8 Å². The minimum Gasteiger partial charge on any atom is -0.204 e. The molecule has 0 N–H and O–H groups in total. The largest absolute Gasteiger partial charge is 0.304 e. The van der Waals surface area contributed by atoms with Crippen molar-refractivity contribution in [3.8, 4) is 0 Å². The summed E-state index contributed by atoms with van der Waals surface area (Å²) < 4.78 is 48.1. The second-order valence-electron chi connectivity index (χ2n) is 1.83. The molecule has 0 aromatic rings. The fourth-order valence-corrected chi connectivity index (χ4v) is 0.607. The van der Waals surface area contributed by atoms with Crippen LogP contribution in [0.3, 0.4) is 0 Å². The maximum atomic E-state index is 12.0. The second-order valence-corrected chi connectivity index (χ2v) is 1.83. The van der Waals surface area contributed by atoms with Gasteiger partial charge in [0, 0.05) is 0 Å². The highest BCUT2D eigenvalue weighted by molar-refractivity contribution is 5.32. The smallest absolute Gasteiger partial charge is 0.204 e. The Balaban J connectivity index is 2.90. The maximum absolute atomic E-state index is 12.0. The Morgan fingerprint density at radius 2 is 1.90 bits per heavy atom. The lowest BCUT2D eigenvalue weighted by atomic mass is 10.1. The molecule has 0 fully saturated rings. The highest BCUT2D eigenvalue weighted by atomic mass is 19.2. The summed E-state index contributed by atoms with van der Waals surface area (Å²) in [6, 6.07) is 0. The lowest BCUT2D eigenvalue weighted by molar-refractivity contribution is 0.417. The molecule has 4 heteroatoms. The van der Waals surface area contributed by atoms with E-state index in [1.807, 2.05) is 0 Å². The molecule has 10 heavy (non-hydrogen) atoms. The molecular weight excluding hydrogens is 148 g/mol. The summed E-state index contributed by atoms with van der Waals surface area (Å²) in [6.45, 7) is 0. The van der Waals surface area contributed by atoms with Crippen LogP contribution < -0.4 is 0 Å². The molecule has 0 amide bonds. The molecule has 0 heterocycles. The molecule has 0 aromatic carbocycles. The van der Waals surface area contributed by atoms with E-state index in [1.165, 1.54) is 0 Å². The van der Waals surface area contributed by atoms with E-state index in [2.05, 4.69) is 0 Å². The van der Waals surface area contributed by atoms with Crippen LogP contribution in [0.15, 0.2) is 23.6 Å². The third-order valence-corrected chi connectivity index (χ3v) is 1.06. The molecule has 0 saturated carbocycles. The van der Waals surface area contributed by atoms with Gasteiger partial charge in [0.1, 0.15) is 6.42 Å². The lowest BCUT2D eigenvalue weighted by Gasteiger charge is -1.97. The fraction of sp³-hybridized carbons (Fsp3) is 0.167. The maximum Gasteiger partial charge on any atom is 0.304 e. The van der Waals surface area contributed by atoms with Crippen LogP contribution in [0, 0.1) is 6.17 Å². The van der Waals surface area contributed by atoms with E-state index in [4.69, 9.17) is 0 Å². The molecule has 1 rings (SSSR count). The van der Waals surface area contributed by atoms with Crippen molar-refractivity contribution in [1.82, 2.24) is 0 Å². The summed E-state index contributed by atoms with van der Waals surface area (Å²) in [5.41, 5.74) is 0. The number of rotatable bonds is 0. The first-order valence-electron chi connectivity index (χ1n) is 2.54. The molecule has 0 nitrogen and oxygen atoms in total.